The summed E-state index contributed by atoms with van der Waals surface area (Å²) in [4.78, 5) is 32.4. The number of hydrogen-bond acceptors (Lipinski definition) is 3. The van der Waals surface area contributed by atoms with Crippen molar-refractivity contribution in [3.63, 3.8) is 0 Å². The van der Waals surface area contributed by atoms with E-state index in [9.17, 15) is 9.59 Å². The Labute approximate surface area is 173 Å². The third-order valence-corrected chi connectivity index (χ3v) is 5.61. The molecule has 0 N–H and O–H groups in total. The number of benzene rings is 2. The molecule has 0 atom stereocenters. The van der Waals surface area contributed by atoms with Gasteiger partial charge in [-0.05, 0) is 38.5 Å². The minimum absolute atomic E-state index is 0.0868. The zero-order valence-electron chi connectivity index (χ0n) is 17.7. The summed E-state index contributed by atoms with van der Waals surface area (Å²) in [6.07, 6.45) is 0. The Hall–Kier alpha value is -2.66. The van der Waals surface area contributed by atoms with Crippen LogP contribution in [0.4, 0.5) is 5.69 Å². The molecular weight excluding hydrogens is 362 g/mol. The quantitative estimate of drug-likeness (QED) is 0.707. The van der Waals surface area contributed by atoms with E-state index in [1.165, 1.54) is 5.56 Å². The molecule has 0 aliphatic carbocycles. The zero-order chi connectivity index (χ0) is 20.9. The highest BCUT2D eigenvalue weighted by Crippen LogP contribution is 2.27. The lowest BCUT2D eigenvalue weighted by Gasteiger charge is -2.39. The van der Waals surface area contributed by atoms with Crippen LogP contribution in [0.3, 0.4) is 0 Å². The Balaban J connectivity index is 1.62. The van der Waals surface area contributed by atoms with Gasteiger partial charge in [-0.1, -0.05) is 48.5 Å². The summed E-state index contributed by atoms with van der Waals surface area (Å²) in [5, 5.41) is 0. The average Bonchev–Trinajstić information content (AvgIpc) is 2.75. The first kappa shape index (κ1) is 21.1. The van der Waals surface area contributed by atoms with Gasteiger partial charge in [0.05, 0.1) is 0 Å². The van der Waals surface area contributed by atoms with Gasteiger partial charge in [0.2, 0.25) is 11.8 Å². The fraction of sp³-hybridized carbons (Fsp3) is 0.417. The lowest BCUT2D eigenvalue weighted by molar-refractivity contribution is -0.148. The smallest absolute Gasteiger partial charge is 0.242 e. The number of carbonyl (C=O) groups excluding carboxylic acids is 2. The molecule has 2 amide bonds. The van der Waals surface area contributed by atoms with Crippen molar-refractivity contribution in [3.05, 3.63) is 66.2 Å². The van der Waals surface area contributed by atoms with Gasteiger partial charge in [-0.25, -0.2) is 0 Å². The molecule has 1 aliphatic heterocycles. The fourth-order valence-corrected chi connectivity index (χ4v) is 3.83. The number of para-hydroxylation sites is 1. The molecule has 5 heteroatoms. The molecule has 0 bridgehead atoms. The van der Waals surface area contributed by atoms with Crippen LogP contribution in [0.5, 0.6) is 0 Å². The number of nitrogens with zero attached hydrogens (tertiary/aromatic N) is 3. The van der Waals surface area contributed by atoms with E-state index in [1.54, 1.807) is 18.7 Å². The number of hydrogen-bond donors (Lipinski definition) is 0. The predicted molar refractivity (Wildman–Crippen MR) is 117 cm³/mol. The van der Waals surface area contributed by atoms with E-state index in [1.807, 2.05) is 48.2 Å². The zero-order valence-corrected chi connectivity index (χ0v) is 17.7. The maximum absolute atomic E-state index is 13.3. The van der Waals surface area contributed by atoms with E-state index in [4.69, 9.17) is 0 Å². The highest BCUT2D eigenvalue weighted by molar-refractivity contribution is 6.11. The Morgan fingerprint density at radius 2 is 1.45 bits per heavy atom. The number of rotatable bonds is 6. The molecule has 2 aromatic carbocycles. The van der Waals surface area contributed by atoms with Gasteiger partial charge in [-0.15, -0.1) is 0 Å². The molecule has 29 heavy (non-hydrogen) atoms. The summed E-state index contributed by atoms with van der Waals surface area (Å²) in [6.45, 7) is 9.81. The first-order valence-electron chi connectivity index (χ1n) is 10.4. The summed E-state index contributed by atoms with van der Waals surface area (Å²) in [5.74, 6) is -0.237. The SMILES string of the molecule is CCN(C(=O)C(C)(C)C(=O)N1CCN(Cc2ccccc2)CC1)c1ccccc1. The average molecular weight is 394 g/mol. The lowest BCUT2D eigenvalue weighted by atomic mass is 9.89. The third kappa shape index (κ3) is 4.85. The van der Waals surface area contributed by atoms with E-state index in [-0.39, 0.29) is 11.8 Å². The van der Waals surface area contributed by atoms with E-state index in [0.29, 0.717) is 19.6 Å². The van der Waals surface area contributed by atoms with E-state index in [0.717, 1.165) is 25.3 Å². The Morgan fingerprint density at radius 3 is 2.00 bits per heavy atom. The largest absolute Gasteiger partial charge is 0.339 e. The van der Waals surface area contributed by atoms with Gasteiger partial charge in [0, 0.05) is 45.0 Å². The fourth-order valence-electron chi connectivity index (χ4n) is 3.83. The van der Waals surface area contributed by atoms with Gasteiger partial charge in [-0.3, -0.25) is 14.5 Å². The van der Waals surface area contributed by atoms with Crippen LogP contribution >= 0.6 is 0 Å². The third-order valence-electron chi connectivity index (χ3n) is 5.61. The highest BCUT2D eigenvalue weighted by Gasteiger charge is 2.42. The van der Waals surface area contributed by atoms with Crippen LogP contribution in [-0.2, 0) is 16.1 Å². The van der Waals surface area contributed by atoms with Gasteiger partial charge >= 0.3 is 0 Å². The minimum atomic E-state index is -1.09. The molecule has 154 valence electrons. The second kappa shape index (κ2) is 9.23. The van der Waals surface area contributed by atoms with Crippen molar-refractivity contribution in [2.45, 2.75) is 27.3 Å². The highest BCUT2D eigenvalue weighted by atomic mass is 16.2. The van der Waals surface area contributed by atoms with Crippen LogP contribution in [0, 0.1) is 5.41 Å². The van der Waals surface area contributed by atoms with E-state index < -0.39 is 5.41 Å². The van der Waals surface area contributed by atoms with Crippen LogP contribution in [-0.4, -0.2) is 54.3 Å². The number of piperazine rings is 1. The minimum Gasteiger partial charge on any atom is -0.339 e. The van der Waals surface area contributed by atoms with E-state index >= 15 is 0 Å². The summed E-state index contributed by atoms with van der Waals surface area (Å²) < 4.78 is 0. The Kier molecular flexibility index (Phi) is 6.70. The van der Waals surface area contributed by atoms with Crippen LogP contribution in [0.15, 0.2) is 60.7 Å². The van der Waals surface area contributed by atoms with Crippen LogP contribution in [0.2, 0.25) is 0 Å². The van der Waals surface area contributed by atoms with Crippen molar-refractivity contribution in [1.29, 1.82) is 0 Å². The standard InChI is InChI=1S/C24H31N3O2/c1-4-27(21-13-9-6-10-14-21)23(29)24(2,3)22(28)26-17-15-25(16-18-26)19-20-11-7-5-8-12-20/h5-14H,4,15-19H2,1-3H3. The van der Waals surface area contributed by atoms with Crippen molar-refractivity contribution < 1.29 is 9.59 Å². The van der Waals surface area contributed by atoms with Crippen molar-refractivity contribution in [2.24, 2.45) is 5.41 Å². The Bertz CT molecular complexity index is 813. The first-order valence-corrected chi connectivity index (χ1v) is 10.4. The summed E-state index contributed by atoms with van der Waals surface area (Å²) >= 11 is 0. The van der Waals surface area contributed by atoms with Gasteiger partial charge in [-0.2, -0.15) is 0 Å². The molecule has 0 radical (unpaired) electrons. The first-order chi connectivity index (χ1) is 13.9. The number of carbonyl (C=O) groups is 2. The van der Waals surface area contributed by atoms with Crippen LogP contribution < -0.4 is 4.90 Å². The molecule has 2 aromatic rings. The maximum Gasteiger partial charge on any atom is 0.242 e. The number of amides is 2. The van der Waals surface area contributed by atoms with Gasteiger partial charge in [0.15, 0.2) is 0 Å². The molecule has 3 rings (SSSR count). The van der Waals surface area contributed by atoms with Crippen molar-refractivity contribution in [3.8, 4) is 0 Å². The molecule has 0 unspecified atom stereocenters. The molecule has 1 fully saturated rings. The molecule has 5 nitrogen and oxygen atoms in total. The molecule has 1 aliphatic rings. The monoisotopic (exact) mass is 393 g/mol. The molecule has 0 saturated carbocycles. The second-order valence-electron chi connectivity index (χ2n) is 8.06. The number of anilines is 1. The predicted octanol–water partition coefficient (Wildman–Crippen LogP) is 3.41. The molecule has 1 saturated heterocycles. The van der Waals surface area contributed by atoms with Gasteiger partial charge < -0.3 is 9.80 Å². The van der Waals surface area contributed by atoms with Crippen LogP contribution in [0.1, 0.15) is 26.3 Å². The molecule has 1 heterocycles. The second-order valence-corrected chi connectivity index (χ2v) is 8.06. The van der Waals surface area contributed by atoms with Crippen molar-refractivity contribution in [2.75, 3.05) is 37.6 Å². The molecular formula is C24H31N3O2. The normalized spacial score (nSPS) is 15.2. The van der Waals surface area contributed by atoms with Gasteiger partial charge in [0.25, 0.3) is 0 Å². The molecule has 0 aromatic heterocycles. The summed E-state index contributed by atoms with van der Waals surface area (Å²) in [5.41, 5.74) is 1.02. The molecule has 0 spiro atoms. The van der Waals surface area contributed by atoms with Crippen LogP contribution in [0.25, 0.3) is 0 Å². The van der Waals surface area contributed by atoms with Crippen molar-refractivity contribution >= 4 is 17.5 Å². The maximum atomic E-state index is 13.3. The van der Waals surface area contributed by atoms with E-state index in [2.05, 4.69) is 29.2 Å². The Morgan fingerprint density at radius 1 is 0.897 bits per heavy atom. The summed E-state index contributed by atoms with van der Waals surface area (Å²) in [7, 11) is 0. The lowest BCUT2D eigenvalue weighted by Crippen LogP contribution is -2.56. The van der Waals surface area contributed by atoms with Crippen molar-refractivity contribution in [1.82, 2.24) is 9.80 Å². The topological polar surface area (TPSA) is 43.9 Å². The summed E-state index contributed by atoms with van der Waals surface area (Å²) in [6, 6.07) is 19.9. The van der Waals surface area contributed by atoms with Gasteiger partial charge in [0.1, 0.15) is 5.41 Å².